The van der Waals surface area contributed by atoms with Crippen molar-refractivity contribution in [3.63, 3.8) is 0 Å². The highest BCUT2D eigenvalue weighted by atomic mass is 16.3. The van der Waals surface area contributed by atoms with E-state index in [0.29, 0.717) is 17.7 Å². The molecule has 0 aliphatic carbocycles. The Kier molecular flexibility index (Phi) is 6.92. The van der Waals surface area contributed by atoms with Crippen LogP contribution in [0.15, 0.2) is 42.0 Å². The third kappa shape index (κ3) is 4.64. The molecule has 0 aliphatic rings. The second kappa shape index (κ2) is 9.16. The standard InChI is InChI=1S/C23H26N2O2/c1-5-10-25-23(27)16(3)15(2)21-11-19(13-24)12-22(17(21)4)20-8-6-18(14-26)7-9-20/h6-9,11-12,26H,5,10,14H2,1-4H3,(H,25,27)/b16-15+. The molecule has 0 spiro atoms. The summed E-state index contributed by atoms with van der Waals surface area (Å²) in [6.07, 6.45) is 0.884. The zero-order valence-electron chi connectivity index (χ0n) is 16.4. The fourth-order valence-corrected chi connectivity index (χ4v) is 3.00. The smallest absolute Gasteiger partial charge is 0.247 e. The van der Waals surface area contributed by atoms with E-state index in [1.165, 1.54) is 0 Å². The Morgan fingerprint density at radius 3 is 2.41 bits per heavy atom. The molecule has 140 valence electrons. The van der Waals surface area contributed by atoms with E-state index in [0.717, 1.165) is 39.8 Å². The van der Waals surface area contributed by atoms with E-state index in [2.05, 4.69) is 11.4 Å². The van der Waals surface area contributed by atoms with Crippen molar-refractivity contribution < 1.29 is 9.90 Å². The maximum Gasteiger partial charge on any atom is 0.247 e. The molecule has 2 rings (SSSR count). The second-order valence-electron chi connectivity index (χ2n) is 6.67. The van der Waals surface area contributed by atoms with Crippen LogP contribution in [0, 0.1) is 18.3 Å². The average Bonchev–Trinajstić information content (AvgIpc) is 2.71. The molecule has 0 saturated heterocycles. The van der Waals surface area contributed by atoms with E-state index in [-0.39, 0.29) is 12.5 Å². The van der Waals surface area contributed by atoms with Crippen LogP contribution in [0.5, 0.6) is 0 Å². The van der Waals surface area contributed by atoms with Gasteiger partial charge in [0.25, 0.3) is 0 Å². The molecule has 0 aliphatic heterocycles. The van der Waals surface area contributed by atoms with Gasteiger partial charge in [-0.3, -0.25) is 4.79 Å². The lowest BCUT2D eigenvalue weighted by Crippen LogP contribution is -2.25. The number of hydrogen-bond donors (Lipinski definition) is 2. The van der Waals surface area contributed by atoms with Crippen LogP contribution in [-0.2, 0) is 11.4 Å². The van der Waals surface area contributed by atoms with E-state index >= 15 is 0 Å². The van der Waals surface area contributed by atoms with Crippen molar-refractivity contribution in [1.82, 2.24) is 5.32 Å². The Morgan fingerprint density at radius 2 is 1.85 bits per heavy atom. The molecule has 0 fully saturated rings. The molecule has 1 amide bonds. The molecule has 4 nitrogen and oxygen atoms in total. The van der Waals surface area contributed by atoms with Crippen LogP contribution >= 0.6 is 0 Å². The molecule has 0 saturated carbocycles. The van der Waals surface area contributed by atoms with E-state index in [9.17, 15) is 15.2 Å². The van der Waals surface area contributed by atoms with Crippen LogP contribution in [0.1, 0.15) is 49.4 Å². The summed E-state index contributed by atoms with van der Waals surface area (Å²) in [5.74, 6) is -0.0787. The summed E-state index contributed by atoms with van der Waals surface area (Å²) >= 11 is 0. The maximum absolute atomic E-state index is 12.4. The Bertz CT molecular complexity index is 903. The van der Waals surface area contributed by atoms with Crippen molar-refractivity contribution in [2.24, 2.45) is 0 Å². The molecule has 27 heavy (non-hydrogen) atoms. The Morgan fingerprint density at radius 1 is 1.19 bits per heavy atom. The number of aliphatic hydroxyl groups excluding tert-OH is 1. The number of amides is 1. The van der Waals surface area contributed by atoms with Crippen molar-refractivity contribution in [3.05, 3.63) is 64.2 Å². The second-order valence-corrected chi connectivity index (χ2v) is 6.67. The van der Waals surface area contributed by atoms with E-state index in [1.54, 1.807) is 0 Å². The predicted octanol–water partition coefficient (Wildman–Crippen LogP) is 4.35. The first-order valence-corrected chi connectivity index (χ1v) is 9.13. The number of nitrogens with zero attached hydrogens (tertiary/aromatic N) is 1. The van der Waals surface area contributed by atoms with Gasteiger partial charge >= 0.3 is 0 Å². The Balaban J connectivity index is 2.57. The fourth-order valence-electron chi connectivity index (χ4n) is 3.00. The molecular formula is C23H26N2O2. The molecule has 0 atom stereocenters. The molecule has 2 aromatic carbocycles. The van der Waals surface area contributed by atoms with Crippen molar-refractivity contribution in [3.8, 4) is 17.2 Å². The van der Waals surface area contributed by atoms with Crippen LogP contribution < -0.4 is 5.32 Å². The lowest BCUT2D eigenvalue weighted by Gasteiger charge is -2.16. The molecule has 0 radical (unpaired) electrons. The minimum Gasteiger partial charge on any atom is -0.392 e. The van der Waals surface area contributed by atoms with E-state index in [4.69, 9.17) is 0 Å². The number of nitriles is 1. The summed E-state index contributed by atoms with van der Waals surface area (Å²) in [6.45, 7) is 8.39. The zero-order valence-corrected chi connectivity index (χ0v) is 16.4. The Labute approximate surface area is 161 Å². The lowest BCUT2D eigenvalue weighted by molar-refractivity contribution is -0.117. The monoisotopic (exact) mass is 362 g/mol. The maximum atomic E-state index is 12.4. The molecule has 0 unspecified atom stereocenters. The number of allylic oxidation sites excluding steroid dienone is 1. The molecule has 0 bridgehead atoms. The number of benzene rings is 2. The van der Waals surface area contributed by atoms with Crippen molar-refractivity contribution in [1.29, 1.82) is 5.26 Å². The van der Waals surface area contributed by atoms with Crippen LogP contribution in [0.25, 0.3) is 16.7 Å². The van der Waals surface area contributed by atoms with Crippen molar-refractivity contribution >= 4 is 11.5 Å². The highest BCUT2D eigenvalue weighted by molar-refractivity contribution is 6.01. The van der Waals surface area contributed by atoms with Gasteiger partial charge in [0.05, 0.1) is 18.2 Å². The molecule has 0 aromatic heterocycles. The first-order chi connectivity index (χ1) is 12.9. The minimum absolute atomic E-state index is 0.00331. The fraction of sp³-hybridized carbons (Fsp3) is 0.304. The third-order valence-corrected chi connectivity index (χ3v) is 4.83. The molecule has 4 heteroatoms. The normalized spacial score (nSPS) is 11.6. The number of carbonyl (C=O) groups excluding carboxylic acids is 1. The summed E-state index contributed by atoms with van der Waals surface area (Å²) in [5, 5.41) is 21.6. The molecular weight excluding hydrogens is 336 g/mol. The van der Waals surface area contributed by atoms with Gasteiger partial charge in [-0.2, -0.15) is 5.26 Å². The van der Waals surface area contributed by atoms with E-state index < -0.39 is 0 Å². The van der Waals surface area contributed by atoms with Gasteiger partial charge in [0.15, 0.2) is 0 Å². The van der Waals surface area contributed by atoms with Crippen LogP contribution in [0.2, 0.25) is 0 Å². The number of rotatable bonds is 6. The summed E-state index contributed by atoms with van der Waals surface area (Å²) in [4.78, 5) is 12.4. The summed E-state index contributed by atoms with van der Waals surface area (Å²) in [6, 6.07) is 13.6. The number of nitrogens with one attached hydrogen (secondary N) is 1. The topological polar surface area (TPSA) is 73.1 Å². The van der Waals surface area contributed by atoms with Crippen molar-refractivity contribution in [2.75, 3.05) is 6.54 Å². The van der Waals surface area contributed by atoms with Crippen LogP contribution in [0.3, 0.4) is 0 Å². The summed E-state index contributed by atoms with van der Waals surface area (Å²) < 4.78 is 0. The lowest BCUT2D eigenvalue weighted by atomic mass is 9.89. The quantitative estimate of drug-likeness (QED) is 0.751. The van der Waals surface area contributed by atoms with Gasteiger partial charge in [0.1, 0.15) is 0 Å². The number of carbonyl (C=O) groups is 1. The van der Waals surface area contributed by atoms with Gasteiger partial charge in [0, 0.05) is 12.1 Å². The first kappa shape index (κ1) is 20.4. The SMILES string of the molecule is CCCNC(=O)/C(C)=C(\C)c1cc(C#N)cc(-c2ccc(CO)cc2)c1C. The highest BCUT2D eigenvalue weighted by Gasteiger charge is 2.15. The Hall–Kier alpha value is -2.90. The molecule has 2 N–H and O–H groups in total. The molecule has 2 aromatic rings. The first-order valence-electron chi connectivity index (χ1n) is 9.13. The van der Waals surface area contributed by atoms with Crippen LogP contribution in [-0.4, -0.2) is 17.6 Å². The summed E-state index contributed by atoms with van der Waals surface area (Å²) in [7, 11) is 0. The van der Waals surface area contributed by atoms with Crippen molar-refractivity contribution in [2.45, 2.75) is 40.7 Å². The predicted molar refractivity (Wildman–Crippen MR) is 109 cm³/mol. The summed E-state index contributed by atoms with van der Waals surface area (Å²) in [5.41, 5.74) is 6.77. The largest absolute Gasteiger partial charge is 0.392 e. The zero-order chi connectivity index (χ0) is 20.0. The van der Waals surface area contributed by atoms with Gasteiger partial charge in [-0.05, 0) is 72.7 Å². The number of hydrogen-bond acceptors (Lipinski definition) is 3. The highest BCUT2D eigenvalue weighted by Crippen LogP contribution is 2.32. The number of aliphatic hydroxyl groups is 1. The van der Waals surface area contributed by atoms with Gasteiger partial charge < -0.3 is 10.4 Å². The van der Waals surface area contributed by atoms with Gasteiger partial charge in [-0.25, -0.2) is 0 Å². The van der Waals surface area contributed by atoms with Gasteiger partial charge in [0.2, 0.25) is 5.91 Å². The van der Waals surface area contributed by atoms with Gasteiger partial charge in [-0.1, -0.05) is 31.2 Å². The average molecular weight is 362 g/mol. The third-order valence-electron chi connectivity index (χ3n) is 4.83. The van der Waals surface area contributed by atoms with Gasteiger partial charge in [-0.15, -0.1) is 0 Å². The van der Waals surface area contributed by atoms with Crippen LogP contribution in [0.4, 0.5) is 0 Å². The molecule has 0 heterocycles. The minimum atomic E-state index is -0.0787. The van der Waals surface area contributed by atoms with E-state index in [1.807, 2.05) is 64.1 Å².